The summed E-state index contributed by atoms with van der Waals surface area (Å²) in [5.41, 5.74) is 2.19. The topological polar surface area (TPSA) is 34.4 Å². The van der Waals surface area contributed by atoms with Crippen LogP contribution in [0.1, 0.15) is 30.2 Å². The Bertz CT molecular complexity index is 874. The molecule has 3 nitrogen and oxygen atoms in total. The molecule has 0 saturated carbocycles. The van der Waals surface area contributed by atoms with Gasteiger partial charge in [-0.15, -0.1) is 0 Å². The SMILES string of the molecule is Cc1cc2cccc(OCCNC(c3ccccc3)C3CC=CC3)c2o1. The summed E-state index contributed by atoms with van der Waals surface area (Å²) >= 11 is 0. The molecule has 0 radical (unpaired) electrons. The fraction of sp³-hybridized carbons (Fsp3) is 0.304. The summed E-state index contributed by atoms with van der Waals surface area (Å²) in [4.78, 5) is 0. The van der Waals surface area contributed by atoms with Gasteiger partial charge in [-0.1, -0.05) is 54.6 Å². The third-order valence-corrected chi connectivity index (χ3v) is 5.03. The Kier molecular flexibility index (Phi) is 5.07. The largest absolute Gasteiger partial charge is 0.488 e. The molecule has 1 aromatic heterocycles. The number of aryl methyl sites for hydroxylation is 1. The number of nitrogens with one attached hydrogen (secondary N) is 1. The summed E-state index contributed by atoms with van der Waals surface area (Å²) in [6.45, 7) is 3.37. The molecule has 4 rings (SSSR count). The second kappa shape index (κ2) is 7.79. The van der Waals surface area contributed by atoms with E-state index in [1.54, 1.807) is 0 Å². The third kappa shape index (κ3) is 3.68. The molecule has 0 amide bonds. The van der Waals surface area contributed by atoms with Crippen LogP contribution >= 0.6 is 0 Å². The fourth-order valence-electron chi connectivity index (χ4n) is 3.78. The van der Waals surface area contributed by atoms with Crippen molar-refractivity contribution in [3.8, 4) is 5.75 Å². The van der Waals surface area contributed by atoms with Gasteiger partial charge in [-0.2, -0.15) is 0 Å². The van der Waals surface area contributed by atoms with Crippen molar-refractivity contribution in [1.82, 2.24) is 5.32 Å². The molecule has 26 heavy (non-hydrogen) atoms. The number of hydrogen-bond acceptors (Lipinski definition) is 3. The maximum Gasteiger partial charge on any atom is 0.176 e. The lowest BCUT2D eigenvalue weighted by Crippen LogP contribution is -2.30. The lowest BCUT2D eigenvalue weighted by molar-refractivity contribution is 0.287. The van der Waals surface area contributed by atoms with Crippen LogP contribution in [-0.2, 0) is 0 Å². The molecule has 0 bridgehead atoms. The molecule has 0 fully saturated rings. The molecule has 1 unspecified atom stereocenters. The standard InChI is InChI=1S/C23H25NO2/c1-17-16-20-12-7-13-21(23(20)26-17)25-15-14-24-22(19-10-5-6-11-19)18-8-3-2-4-9-18/h2-9,12-13,16,19,22,24H,10-11,14-15H2,1H3. The Labute approximate surface area is 154 Å². The number of rotatable bonds is 7. The van der Waals surface area contributed by atoms with Crippen LogP contribution in [0, 0.1) is 12.8 Å². The smallest absolute Gasteiger partial charge is 0.176 e. The first-order valence-electron chi connectivity index (χ1n) is 9.36. The van der Waals surface area contributed by atoms with Crippen LogP contribution in [0.2, 0.25) is 0 Å². The van der Waals surface area contributed by atoms with Crippen molar-refractivity contribution in [1.29, 1.82) is 0 Å². The highest BCUT2D eigenvalue weighted by molar-refractivity contribution is 5.83. The first kappa shape index (κ1) is 16.9. The number of benzene rings is 2. The maximum atomic E-state index is 6.01. The Morgan fingerprint density at radius 2 is 1.88 bits per heavy atom. The Morgan fingerprint density at radius 1 is 1.08 bits per heavy atom. The Balaban J connectivity index is 1.39. The first-order chi connectivity index (χ1) is 12.8. The van der Waals surface area contributed by atoms with E-state index in [-0.39, 0.29) is 0 Å². The van der Waals surface area contributed by atoms with E-state index in [4.69, 9.17) is 9.15 Å². The van der Waals surface area contributed by atoms with Crippen LogP contribution in [0.5, 0.6) is 5.75 Å². The fourth-order valence-corrected chi connectivity index (χ4v) is 3.78. The monoisotopic (exact) mass is 347 g/mol. The molecule has 1 N–H and O–H groups in total. The van der Waals surface area contributed by atoms with E-state index in [9.17, 15) is 0 Å². The molecule has 0 saturated heterocycles. The van der Waals surface area contributed by atoms with Crippen LogP contribution in [0.15, 0.2) is 71.2 Å². The van der Waals surface area contributed by atoms with Gasteiger partial charge in [-0.3, -0.25) is 0 Å². The highest BCUT2D eigenvalue weighted by Gasteiger charge is 2.23. The Morgan fingerprint density at radius 3 is 2.69 bits per heavy atom. The summed E-state index contributed by atoms with van der Waals surface area (Å²) in [5, 5.41) is 4.80. The minimum Gasteiger partial charge on any atom is -0.488 e. The molecule has 134 valence electrons. The van der Waals surface area contributed by atoms with Crippen LogP contribution in [-0.4, -0.2) is 13.2 Å². The lowest BCUT2D eigenvalue weighted by Gasteiger charge is -2.25. The van der Waals surface area contributed by atoms with E-state index >= 15 is 0 Å². The average molecular weight is 347 g/mol. The second-order valence-electron chi connectivity index (χ2n) is 6.93. The number of para-hydroxylation sites is 1. The first-order valence-corrected chi connectivity index (χ1v) is 9.36. The van der Waals surface area contributed by atoms with E-state index in [1.807, 2.05) is 25.1 Å². The average Bonchev–Trinajstić information content (AvgIpc) is 3.31. The molecule has 0 aliphatic heterocycles. The molecule has 0 spiro atoms. The highest BCUT2D eigenvalue weighted by atomic mass is 16.5. The molecule has 1 aliphatic rings. The van der Waals surface area contributed by atoms with Gasteiger partial charge in [0.25, 0.3) is 0 Å². The van der Waals surface area contributed by atoms with Gasteiger partial charge in [0.1, 0.15) is 12.4 Å². The zero-order valence-corrected chi connectivity index (χ0v) is 15.2. The van der Waals surface area contributed by atoms with E-state index in [1.165, 1.54) is 5.56 Å². The van der Waals surface area contributed by atoms with Gasteiger partial charge in [-0.25, -0.2) is 0 Å². The number of fused-ring (bicyclic) bond motifs is 1. The molecule has 3 aromatic rings. The maximum absolute atomic E-state index is 6.01. The predicted molar refractivity (Wildman–Crippen MR) is 105 cm³/mol. The molecule has 1 atom stereocenters. The predicted octanol–water partition coefficient (Wildman–Crippen LogP) is 5.42. The Hall–Kier alpha value is -2.52. The number of ether oxygens (including phenoxy) is 1. The van der Waals surface area contributed by atoms with Crippen molar-refractivity contribution in [2.24, 2.45) is 5.92 Å². The van der Waals surface area contributed by atoms with Crippen molar-refractivity contribution in [3.63, 3.8) is 0 Å². The van der Waals surface area contributed by atoms with Gasteiger partial charge in [0.2, 0.25) is 0 Å². The molecule has 1 aliphatic carbocycles. The second-order valence-corrected chi connectivity index (χ2v) is 6.93. The third-order valence-electron chi connectivity index (χ3n) is 5.03. The van der Waals surface area contributed by atoms with Crippen LogP contribution < -0.4 is 10.1 Å². The van der Waals surface area contributed by atoms with Crippen molar-refractivity contribution in [3.05, 3.63) is 78.1 Å². The van der Waals surface area contributed by atoms with Crippen molar-refractivity contribution in [2.75, 3.05) is 13.2 Å². The molecular weight excluding hydrogens is 322 g/mol. The van der Waals surface area contributed by atoms with E-state index in [0.29, 0.717) is 18.6 Å². The highest BCUT2D eigenvalue weighted by Crippen LogP contribution is 2.32. The number of furan rings is 1. The normalized spacial score (nSPS) is 15.6. The number of allylic oxidation sites excluding steroid dienone is 2. The van der Waals surface area contributed by atoms with Gasteiger partial charge < -0.3 is 14.5 Å². The van der Waals surface area contributed by atoms with E-state index in [2.05, 4.69) is 53.9 Å². The van der Waals surface area contributed by atoms with Gasteiger partial charge >= 0.3 is 0 Å². The lowest BCUT2D eigenvalue weighted by atomic mass is 9.91. The number of hydrogen-bond donors (Lipinski definition) is 1. The van der Waals surface area contributed by atoms with E-state index < -0.39 is 0 Å². The summed E-state index contributed by atoms with van der Waals surface area (Å²) in [6, 6.07) is 19.2. The van der Waals surface area contributed by atoms with Gasteiger partial charge in [0.15, 0.2) is 11.3 Å². The summed E-state index contributed by atoms with van der Waals surface area (Å²) in [6.07, 6.45) is 6.86. The minimum atomic E-state index is 0.358. The van der Waals surface area contributed by atoms with Crippen molar-refractivity contribution < 1.29 is 9.15 Å². The quantitative estimate of drug-likeness (QED) is 0.458. The molecule has 3 heteroatoms. The van der Waals surface area contributed by atoms with Crippen LogP contribution in [0.3, 0.4) is 0 Å². The van der Waals surface area contributed by atoms with Crippen LogP contribution in [0.25, 0.3) is 11.0 Å². The van der Waals surface area contributed by atoms with Gasteiger partial charge in [0, 0.05) is 18.0 Å². The molecule has 1 heterocycles. The van der Waals surface area contributed by atoms with Crippen LogP contribution in [0.4, 0.5) is 0 Å². The van der Waals surface area contributed by atoms with Crippen molar-refractivity contribution >= 4 is 11.0 Å². The van der Waals surface area contributed by atoms with Gasteiger partial charge in [-0.05, 0) is 43.4 Å². The molecular formula is C23H25NO2. The summed E-state index contributed by atoms with van der Waals surface area (Å²) in [5.74, 6) is 2.34. The molecule has 2 aromatic carbocycles. The van der Waals surface area contributed by atoms with Gasteiger partial charge in [0.05, 0.1) is 0 Å². The van der Waals surface area contributed by atoms with Crippen molar-refractivity contribution in [2.45, 2.75) is 25.8 Å². The zero-order valence-electron chi connectivity index (χ0n) is 15.2. The summed E-state index contributed by atoms with van der Waals surface area (Å²) in [7, 11) is 0. The van der Waals surface area contributed by atoms with E-state index in [0.717, 1.165) is 41.9 Å². The zero-order chi connectivity index (χ0) is 17.8. The minimum absolute atomic E-state index is 0.358. The summed E-state index contributed by atoms with van der Waals surface area (Å²) < 4.78 is 11.8.